The minimum absolute atomic E-state index is 0.519. The van der Waals surface area contributed by atoms with Crippen molar-refractivity contribution < 1.29 is 9.84 Å². The summed E-state index contributed by atoms with van der Waals surface area (Å²) in [5.74, 6) is 0. The van der Waals surface area contributed by atoms with Crippen LogP contribution in [0.15, 0.2) is 36.4 Å². The third kappa shape index (κ3) is 4.27. The highest BCUT2D eigenvalue weighted by atomic mass is 16.5. The van der Waals surface area contributed by atoms with E-state index in [0.717, 1.165) is 23.1 Å². The molecule has 0 fully saturated rings. The van der Waals surface area contributed by atoms with Gasteiger partial charge in [-0.15, -0.1) is 0 Å². The molecule has 108 valence electrons. The lowest BCUT2D eigenvalue weighted by Crippen LogP contribution is -2.41. The van der Waals surface area contributed by atoms with Gasteiger partial charge in [0.25, 0.3) is 0 Å². The highest BCUT2D eigenvalue weighted by molar-refractivity contribution is 5.78. The van der Waals surface area contributed by atoms with Crippen LogP contribution in [0.2, 0.25) is 0 Å². The van der Waals surface area contributed by atoms with Crippen LogP contribution in [0.4, 0.5) is 0 Å². The van der Waals surface area contributed by atoms with Crippen LogP contribution in [0.25, 0.3) is 10.9 Å². The molecule has 1 heterocycles. The fourth-order valence-corrected chi connectivity index (χ4v) is 2.19. The first kappa shape index (κ1) is 14.9. The van der Waals surface area contributed by atoms with Gasteiger partial charge in [0.2, 0.25) is 0 Å². The van der Waals surface area contributed by atoms with E-state index in [-0.39, 0.29) is 0 Å². The van der Waals surface area contributed by atoms with Crippen molar-refractivity contribution in [1.82, 2.24) is 10.3 Å². The summed E-state index contributed by atoms with van der Waals surface area (Å²) in [6.45, 7) is 3.72. The fraction of sp³-hybridized carbons (Fsp3) is 0.438. The molecular weight excluding hydrogens is 252 g/mol. The van der Waals surface area contributed by atoms with Crippen molar-refractivity contribution in [3.05, 3.63) is 42.1 Å². The summed E-state index contributed by atoms with van der Waals surface area (Å²) in [4.78, 5) is 4.59. The zero-order chi connectivity index (χ0) is 14.4. The molecule has 0 saturated carbocycles. The standard InChI is InChI=1S/C16H22N2O2/c1-16(19,12-17-9-10-20-2)11-14-8-7-13-5-3-4-6-15(13)18-14/h3-8,17,19H,9-12H2,1-2H3. The molecule has 4 nitrogen and oxygen atoms in total. The van der Waals surface area contributed by atoms with E-state index < -0.39 is 5.60 Å². The van der Waals surface area contributed by atoms with E-state index in [4.69, 9.17) is 4.74 Å². The minimum Gasteiger partial charge on any atom is -0.388 e. The highest BCUT2D eigenvalue weighted by Gasteiger charge is 2.21. The van der Waals surface area contributed by atoms with Gasteiger partial charge in [0.1, 0.15) is 0 Å². The van der Waals surface area contributed by atoms with Gasteiger partial charge in [-0.25, -0.2) is 0 Å². The number of benzene rings is 1. The number of pyridine rings is 1. The third-order valence-corrected chi connectivity index (χ3v) is 3.21. The van der Waals surface area contributed by atoms with E-state index in [2.05, 4.69) is 10.3 Å². The topological polar surface area (TPSA) is 54.4 Å². The summed E-state index contributed by atoms with van der Waals surface area (Å²) >= 11 is 0. The maximum absolute atomic E-state index is 10.4. The van der Waals surface area contributed by atoms with Crippen LogP contribution in [-0.2, 0) is 11.2 Å². The van der Waals surface area contributed by atoms with Gasteiger partial charge >= 0.3 is 0 Å². The maximum Gasteiger partial charge on any atom is 0.0798 e. The number of methoxy groups -OCH3 is 1. The van der Waals surface area contributed by atoms with Crippen molar-refractivity contribution in [2.75, 3.05) is 26.8 Å². The van der Waals surface area contributed by atoms with E-state index in [0.29, 0.717) is 19.6 Å². The number of nitrogens with zero attached hydrogens (tertiary/aromatic N) is 1. The fourth-order valence-electron chi connectivity index (χ4n) is 2.19. The Kier molecular flexibility index (Phi) is 5.06. The second kappa shape index (κ2) is 6.79. The van der Waals surface area contributed by atoms with E-state index in [1.807, 2.05) is 43.3 Å². The molecule has 0 saturated heterocycles. The van der Waals surface area contributed by atoms with Gasteiger partial charge in [-0.05, 0) is 19.1 Å². The molecule has 1 aromatic heterocycles. The van der Waals surface area contributed by atoms with Crippen molar-refractivity contribution in [3.8, 4) is 0 Å². The first-order valence-electron chi connectivity index (χ1n) is 6.87. The van der Waals surface area contributed by atoms with Crippen LogP contribution < -0.4 is 5.32 Å². The molecule has 20 heavy (non-hydrogen) atoms. The van der Waals surface area contributed by atoms with Crippen molar-refractivity contribution in [2.24, 2.45) is 0 Å². The smallest absolute Gasteiger partial charge is 0.0798 e. The number of rotatable bonds is 7. The summed E-state index contributed by atoms with van der Waals surface area (Å²) in [5.41, 5.74) is 1.05. The van der Waals surface area contributed by atoms with E-state index in [1.54, 1.807) is 7.11 Å². The third-order valence-electron chi connectivity index (χ3n) is 3.21. The zero-order valence-corrected chi connectivity index (χ0v) is 12.1. The van der Waals surface area contributed by atoms with Crippen molar-refractivity contribution in [2.45, 2.75) is 18.9 Å². The number of aromatic nitrogens is 1. The van der Waals surface area contributed by atoms with Crippen LogP contribution >= 0.6 is 0 Å². The van der Waals surface area contributed by atoms with Crippen LogP contribution in [0.1, 0.15) is 12.6 Å². The first-order chi connectivity index (χ1) is 9.61. The Morgan fingerprint density at radius 2 is 2.05 bits per heavy atom. The summed E-state index contributed by atoms with van der Waals surface area (Å²) in [6, 6.07) is 12.0. The average molecular weight is 274 g/mol. The Bertz CT molecular complexity index is 555. The number of ether oxygens (including phenoxy) is 1. The molecule has 2 rings (SSSR count). The molecule has 0 aliphatic heterocycles. The monoisotopic (exact) mass is 274 g/mol. The molecular formula is C16H22N2O2. The Hall–Kier alpha value is -1.49. The Labute approximate surface area is 119 Å². The minimum atomic E-state index is -0.816. The van der Waals surface area contributed by atoms with E-state index in [9.17, 15) is 5.11 Å². The summed E-state index contributed by atoms with van der Waals surface area (Å²) in [6.07, 6.45) is 0.526. The second-order valence-electron chi connectivity index (χ2n) is 5.34. The lowest BCUT2D eigenvalue weighted by atomic mass is 9.99. The highest BCUT2D eigenvalue weighted by Crippen LogP contribution is 2.16. The van der Waals surface area contributed by atoms with E-state index >= 15 is 0 Å². The molecule has 4 heteroatoms. The lowest BCUT2D eigenvalue weighted by Gasteiger charge is -2.23. The van der Waals surface area contributed by atoms with Gasteiger partial charge in [0.15, 0.2) is 0 Å². The number of hydrogen-bond donors (Lipinski definition) is 2. The maximum atomic E-state index is 10.4. The molecule has 0 bridgehead atoms. The molecule has 0 spiro atoms. The number of nitrogens with one attached hydrogen (secondary N) is 1. The van der Waals surface area contributed by atoms with Crippen molar-refractivity contribution in [3.63, 3.8) is 0 Å². The van der Waals surface area contributed by atoms with Crippen molar-refractivity contribution >= 4 is 10.9 Å². The van der Waals surface area contributed by atoms with Gasteiger partial charge in [0.05, 0.1) is 17.7 Å². The Morgan fingerprint density at radius 3 is 2.85 bits per heavy atom. The van der Waals surface area contributed by atoms with Crippen LogP contribution in [-0.4, -0.2) is 42.5 Å². The molecule has 1 aromatic carbocycles. The average Bonchev–Trinajstić information content (AvgIpc) is 2.43. The van der Waals surface area contributed by atoms with E-state index in [1.165, 1.54) is 0 Å². The summed E-state index contributed by atoms with van der Waals surface area (Å²) in [5, 5.41) is 14.7. The van der Waals surface area contributed by atoms with Gasteiger partial charge < -0.3 is 15.2 Å². The second-order valence-corrected chi connectivity index (χ2v) is 5.34. The summed E-state index contributed by atoms with van der Waals surface area (Å²) in [7, 11) is 1.67. The first-order valence-corrected chi connectivity index (χ1v) is 6.87. The van der Waals surface area contributed by atoms with Crippen molar-refractivity contribution in [1.29, 1.82) is 0 Å². The molecule has 1 unspecified atom stereocenters. The molecule has 0 aliphatic rings. The predicted octanol–water partition coefficient (Wildman–Crippen LogP) is 1.76. The normalized spacial score (nSPS) is 14.3. The van der Waals surface area contributed by atoms with Gasteiger partial charge in [-0.3, -0.25) is 4.98 Å². The largest absolute Gasteiger partial charge is 0.388 e. The molecule has 0 aliphatic carbocycles. The van der Waals surface area contributed by atoms with Crippen LogP contribution in [0.3, 0.4) is 0 Å². The quantitative estimate of drug-likeness (QED) is 0.756. The Balaban J connectivity index is 1.99. The van der Waals surface area contributed by atoms with Gasteiger partial charge in [-0.2, -0.15) is 0 Å². The SMILES string of the molecule is COCCNCC(C)(O)Cc1ccc2ccccc2n1. The van der Waals surface area contributed by atoms with Gasteiger partial charge in [0, 0.05) is 37.7 Å². The lowest BCUT2D eigenvalue weighted by molar-refractivity contribution is 0.0573. The molecule has 1 atom stereocenters. The molecule has 2 N–H and O–H groups in total. The number of para-hydroxylation sites is 1. The number of hydrogen-bond acceptors (Lipinski definition) is 4. The van der Waals surface area contributed by atoms with Crippen LogP contribution in [0.5, 0.6) is 0 Å². The molecule has 0 amide bonds. The molecule has 2 aromatic rings. The Morgan fingerprint density at radius 1 is 1.25 bits per heavy atom. The number of aliphatic hydroxyl groups is 1. The molecule has 0 radical (unpaired) electrons. The number of fused-ring (bicyclic) bond motifs is 1. The summed E-state index contributed by atoms with van der Waals surface area (Å²) < 4.78 is 4.97. The van der Waals surface area contributed by atoms with Crippen LogP contribution in [0, 0.1) is 0 Å². The predicted molar refractivity (Wildman–Crippen MR) is 80.8 cm³/mol. The zero-order valence-electron chi connectivity index (χ0n) is 12.1. The van der Waals surface area contributed by atoms with Gasteiger partial charge in [-0.1, -0.05) is 24.3 Å².